The average molecular weight is 316 g/mol. The summed E-state index contributed by atoms with van der Waals surface area (Å²) in [6, 6.07) is 10.8. The summed E-state index contributed by atoms with van der Waals surface area (Å²) in [5, 5.41) is 12.3. The van der Waals surface area contributed by atoms with E-state index in [0.717, 1.165) is 19.5 Å². The smallest absolute Gasteiger partial charge is 0.317 e. The molecule has 1 aromatic carbocycles. The van der Waals surface area contributed by atoms with Crippen LogP contribution in [-0.4, -0.2) is 42.3 Å². The van der Waals surface area contributed by atoms with Gasteiger partial charge in [0.2, 0.25) is 0 Å². The highest BCUT2D eigenvalue weighted by molar-refractivity contribution is 5.74. The Morgan fingerprint density at radius 3 is 2.48 bits per heavy atom. The summed E-state index contributed by atoms with van der Waals surface area (Å²) in [6.07, 6.45) is 5.76. The van der Waals surface area contributed by atoms with Gasteiger partial charge in [0.25, 0.3) is 0 Å². The maximum absolute atomic E-state index is 12.2. The number of nitrogens with zero attached hydrogens (tertiary/aromatic N) is 1. The monoisotopic (exact) mass is 316 g/mol. The van der Waals surface area contributed by atoms with Gasteiger partial charge in [-0.3, -0.25) is 0 Å². The molecule has 1 aromatic rings. The van der Waals surface area contributed by atoms with Crippen molar-refractivity contribution in [3.63, 3.8) is 0 Å². The van der Waals surface area contributed by atoms with Crippen molar-refractivity contribution < 1.29 is 9.90 Å². The Morgan fingerprint density at radius 2 is 1.83 bits per heavy atom. The Hall–Kier alpha value is -1.55. The fourth-order valence-electron chi connectivity index (χ4n) is 3.93. The topological polar surface area (TPSA) is 52.6 Å². The van der Waals surface area contributed by atoms with Crippen molar-refractivity contribution in [1.29, 1.82) is 0 Å². The van der Waals surface area contributed by atoms with Crippen molar-refractivity contribution in [2.75, 3.05) is 26.2 Å². The van der Waals surface area contributed by atoms with Crippen LogP contribution < -0.4 is 5.32 Å². The van der Waals surface area contributed by atoms with Crippen molar-refractivity contribution >= 4 is 6.03 Å². The van der Waals surface area contributed by atoms with Crippen LogP contribution in [0.15, 0.2) is 30.3 Å². The van der Waals surface area contributed by atoms with Gasteiger partial charge in [0.05, 0.1) is 0 Å². The van der Waals surface area contributed by atoms with Crippen LogP contribution in [0.4, 0.5) is 4.79 Å². The molecule has 2 amide bonds. The van der Waals surface area contributed by atoms with E-state index >= 15 is 0 Å². The average Bonchev–Trinajstić information content (AvgIpc) is 3.10. The molecular formula is C19H28N2O2. The minimum atomic E-state index is 0.0473. The number of carbonyl (C=O) groups is 1. The quantitative estimate of drug-likeness (QED) is 0.897. The first-order chi connectivity index (χ1) is 11.3. The van der Waals surface area contributed by atoms with Crippen LogP contribution in [0.1, 0.15) is 43.6 Å². The third-order valence-corrected chi connectivity index (χ3v) is 5.49. The lowest BCUT2D eigenvalue weighted by Gasteiger charge is -2.29. The first-order valence-corrected chi connectivity index (χ1v) is 8.95. The standard InChI is InChI=1S/C19H28N2O2/c22-14-16-10-11-21(13-16)19(23)20-12-15-6-8-18(9-7-15)17-4-2-1-3-5-17/h1-5,15-16,18,22H,6-14H2,(H,20,23). The lowest BCUT2D eigenvalue weighted by atomic mass is 9.79. The minimum absolute atomic E-state index is 0.0473. The molecule has 2 N–H and O–H groups in total. The lowest BCUT2D eigenvalue weighted by molar-refractivity contribution is 0.194. The van der Waals surface area contributed by atoms with E-state index < -0.39 is 0 Å². The van der Waals surface area contributed by atoms with Crippen LogP contribution in [0, 0.1) is 11.8 Å². The Morgan fingerprint density at radius 1 is 1.09 bits per heavy atom. The largest absolute Gasteiger partial charge is 0.396 e. The van der Waals surface area contributed by atoms with Crippen LogP contribution in [0.5, 0.6) is 0 Å². The number of carbonyl (C=O) groups excluding carboxylic acids is 1. The zero-order valence-electron chi connectivity index (χ0n) is 13.8. The third-order valence-electron chi connectivity index (χ3n) is 5.49. The SMILES string of the molecule is O=C(NCC1CCC(c2ccccc2)CC1)N1CCC(CO)C1. The Labute approximate surface area is 138 Å². The number of rotatable bonds is 4. The summed E-state index contributed by atoms with van der Waals surface area (Å²) in [6.45, 7) is 2.45. The summed E-state index contributed by atoms with van der Waals surface area (Å²) in [4.78, 5) is 14.0. The van der Waals surface area contributed by atoms with E-state index in [4.69, 9.17) is 5.11 Å². The summed E-state index contributed by atoms with van der Waals surface area (Å²) in [5.74, 6) is 1.56. The fraction of sp³-hybridized carbons (Fsp3) is 0.632. The van der Waals surface area contributed by atoms with E-state index in [9.17, 15) is 4.79 Å². The van der Waals surface area contributed by atoms with Crippen LogP contribution in [0.2, 0.25) is 0 Å². The van der Waals surface area contributed by atoms with Crippen molar-refractivity contribution in [2.45, 2.75) is 38.0 Å². The van der Waals surface area contributed by atoms with Crippen LogP contribution in [0.3, 0.4) is 0 Å². The predicted molar refractivity (Wildman–Crippen MR) is 91.3 cm³/mol. The van der Waals surface area contributed by atoms with Crippen molar-refractivity contribution in [3.8, 4) is 0 Å². The lowest BCUT2D eigenvalue weighted by Crippen LogP contribution is -2.41. The van der Waals surface area contributed by atoms with E-state index in [2.05, 4.69) is 35.6 Å². The van der Waals surface area contributed by atoms with Gasteiger partial charge in [-0.05, 0) is 49.5 Å². The van der Waals surface area contributed by atoms with Gasteiger partial charge in [0.15, 0.2) is 0 Å². The molecular weight excluding hydrogens is 288 g/mol. The predicted octanol–water partition coefficient (Wildman–Crippen LogP) is 2.98. The normalized spacial score (nSPS) is 27.9. The Balaban J connectivity index is 1.39. The van der Waals surface area contributed by atoms with Crippen LogP contribution in [0.25, 0.3) is 0 Å². The van der Waals surface area contributed by atoms with Gasteiger partial charge in [-0.15, -0.1) is 0 Å². The molecule has 1 heterocycles. The molecule has 4 nitrogen and oxygen atoms in total. The Bertz CT molecular complexity index is 497. The number of likely N-dealkylation sites (tertiary alicyclic amines) is 1. The third kappa shape index (κ3) is 4.25. The molecule has 2 aliphatic rings. The maximum atomic E-state index is 12.2. The summed E-state index contributed by atoms with van der Waals surface area (Å²) in [5.41, 5.74) is 1.46. The van der Waals surface area contributed by atoms with Crippen LogP contribution >= 0.6 is 0 Å². The highest BCUT2D eigenvalue weighted by Crippen LogP contribution is 2.35. The number of aliphatic hydroxyl groups excluding tert-OH is 1. The number of benzene rings is 1. The van der Waals surface area contributed by atoms with Gasteiger partial charge in [-0.2, -0.15) is 0 Å². The number of hydrogen-bond acceptors (Lipinski definition) is 2. The van der Waals surface area contributed by atoms with E-state index in [1.54, 1.807) is 0 Å². The molecule has 1 saturated carbocycles. The number of nitrogens with one attached hydrogen (secondary N) is 1. The van der Waals surface area contributed by atoms with Gasteiger partial charge in [0.1, 0.15) is 0 Å². The molecule has 23 heavy (non-hydrogen) atoms. The number of hydrogen-bond donors (Lipinski definition) is 2. The molecule has 3 rings (SSSR count). The highest BCUT2D eigenvalue weighted by Gasteiger charge is 2.27. The first-order valence-electron chi connectivity index (χ1n) is 8.95. The molecule has 1 aliphatic carbocycles. The summed E-state index contributed by atoms with van der Waals surface area (Å²) >= 11 is 0. The molecule has 1 saturated heterocycles. The van der Waals surface area contributed by atoms with E-state index in [1.807, 2.05) is 4.90 Å². The second kappa shape index (κ2) is 7.82. The molecule has 0 bridgehead atoms. The van der Waals surface area contributed by atoms with E-state index in [-0.39, 0.29) is 18.6 Å². The molecule has 4 heteroatoms. The molecule has 1 unspecified atom stereocenters. The zero-order valence-corrected chi connectivity index (χ0v) is 13.8. The molecule has 126 valence electrons. The summed E-state index contributed by atoms with van der Waals surface area (Å²) < 4.78 is 0. The minimum Gasteiger partial charge on any atom is -0.396 e. The Kier molecular flexibility index (Phi) is 5.55. The molecule has 0 radical (unpaired) electrons. The number of urea groups is 1. The van der Waals surface area contributed by atoms with E-state index in [0.29, 0.717) is 18.4 Å². The molecule has 2 fully saturated rings. The van der Waals surface area contributed by atoms with Crippen molar-refractivity contribution in [1.82, 2.24) is 10.2 Å². The fourth-order valence-corrected chi connectivity index (χ4v) is 3.93. The van der Waals surface area contributed by atoms with Crippen LogP contribution in [-0.2, 0) is 0 Å². The first kappa shape index (κ1) is 16.3. The second-order valence-corrected chi connectivity index (χ2v) is 7.10. The van der Waals surface area contributed by atoms with Gasteiger partial charge in [-0.25, -0.2) is 4.79 Å². The van der Waals surface area contributed by atoms with Crippen molar-refractivity contribution in [3.05, 3.63) is 35.9 Å². The van der Waals surface area contributed by atoms with Crippen molar-refractivity contribution in [2.24, 2.45) is 11.8 Å². The van der Waals surface area contributed by atoms with Gasteiger partial charge in [-0.1, -0.05) is 30.3 Å². The van der Waals surface area contributed by atoms with E-state index in [1.165, 1.54) is 31.2 Å². The highest BCUT2D eigenvalue weighted by atomic mass is 16.3. The van der Waals surface area contributed by atoms with Gasteiger partial charge < -0.3 is 15.3 Å². The number of aliphatic hydroxyl groups is 1. The maximum Gasteiger partial charge on any atom is 0.317 e. The van der Waals surface area contributed by atoms with Gasteiger partial charge in [0, 0.05) is 32.2 Å². The molecule has 1 atom stereocenters. The second-order valence-electron chi connectivity index (χ2n) is 7.10. The summed E-state index contributed by atoms with van der Waals surface area (Å²) in [7, 11) is 0. The zero-order chi connectivity index (χ0) is 16.1. The molecule has 1 aliphatic heterocycles. The molecule has 0 aromatic heterocycles. The number of amides is 2. The van der Waals surface area contributed by atoms with Gasteiger partial charge >= 0.3 is 6.03 Å². The molecule has 0 spiro atoms.